The second-order valence-corrected chi connectivity index (χ2v) is 2.65. The van der Waals surface area contributed by atoms with Crippen molar-refractivity contribution in [2.75, 3.05) is 0 Å². The number of hydrogen-bond donors (Lipinski definition) is 1. The van der Waals surface area contributed by atoms with Crippen LogP contribution in [0.3, 0.4) is 0 Å². The molecule has 42 valence electrons. The summed E-state index contributed by atoms with van der Waals surface area (Å²) in [5, 5.41) is 0.442. The molecule has 0 N–H and O–H groups in total. The summed E-state index contributed by atoms with van der Waals surface area (Å²) in [6, 6.07) is 0. The first-order valence-electron chi connectivity index (χ1n) is 2.49. The van der Waals surface area contributed by atoms with E-state index in [0.717, 1.165) is 0 Å². The van der Waals surface area contributed by atoms with Crippen LogP contribution >= 0.6 is 12.6 Å². The molecule has 0 spiro atoms. The van der Waals surface area contributed by atoms with E-state index in [2.05, 4.69) is 33.1 Å². The van der Waals surface area contributed by atoms with E-state index in [1.165, 1.54) is 0 Å². The second kappa shape index (κ2) is 3.14. The largest absolute Gasteiger partial charge is 0.176 e. The number of hydrogen-bond acceptors (Lipinski definition) is 1. The summed E-state index contributed by atoms with van der Waals surface area (Å²) in [6.45, 7) is 7.80. The quantitative estimate of drug-likeness (QED) is 0.414. The molecule has 0 saturated heterocycles. The molecule has 0 aliphatic carbocycles. The average molecular weight is 116 g/mol. The van der Waals surface area contributed by atoms with Crippen LogP contribution in [0.4, 0.5) is 0 Å². The van der Waals surface area contributed by atoms with Crippen molar-refractivity contribution in [3.8, 4) is 0 Å². The minimum absolute atomic E-state index is 0.442. The Bertz CT molecular complexity index is 57.2. The third-order valence-electron chi connectivity index (χ3n) is 1.13. The van der Waals surface area contributed by atoms with Gasteiger partial charge in [-0.2, -0.15) is 12.6 Å². The van der Waals surface area contributed by atoms with Gasteiger partial charge >= 0.3 is 0 Å². The fourth-order valence-electron chi connectivity index (χ4n) is 0.197. The van der Waals surface area contributed by atoms with Gasteiger partial charge in [-0.25, -0.2) is 0 Å². The molecule has 0 saturated carbocycles. The van der Waals surface area contributed by atoms with Gasteiger partial charge in [-0.05, 0) is 5.92 Å². The molecule has 7 heavy (non-hydrogen) atoms. The first kappa shape index (κ1) is 7.09. The van der Waals surface area contributed by atoms with Crippen LogP contribution in [0.25, 0.3) is 0 Å². The second-order valence-electron chi connectivity index (χ2n) is 1.84. The van der Waals surface area contributed by atoms with Crippen LogP contribution in [0.5, 0.6) is 0 Å². The van der Waals surface area contributed by atoms with E-state index in [4.69, 9.17) is 0 Å². The van der Waals surface area contributed by atoms with E-state index < -0.39 is 0 Å². The minimum Gasteiger partial charge on any atom is -0.176 e. The summed E-state index contributed by atoms with van der Waals surface area (Å²) in [4.78, 5) is 0. The highest BCUT2D eigenvalue weighted by Crippen LogP contribution is 2.07. The van der Waals surface area contributed by atoms with E-state index in [0.29, 0.717) is 11.2 Å². The fourth-order valence-corrected chi connectivity index (χ4v) is 0.319. The lowest BCUT2D eigenvalue weighted by molar-refractivity contribution is 0.722. The Balaban J connectivity index is 3.33. The molecule has 0 aliphatic rings. The van der Waals surface area contributed by atoms with Crippen molar-refractivity contribution in [3.05, 3.63) is 12.7 Å². The molecule has 0 aromatic carbocycles. The Hall–Kier alpha value is 0.0900. The monoisotopic (exact) mass is 116 g/mol. The maximum absolute atomic E-state index is 4.20. The number of rotatable bonds is 2. The zero-order valence-electron chi connectivity index (χ0n) is 4.89. The summed E-state index contributed by atoms with van der Waals surface area (Å²) in [5.41, 5.74) is 0. The molecule has 2 unspecified atom stereocenters. The average Bonchev–Trinajstić information content (AvgIpc) is 1.65. The van der Waals surface area contributed by atoms with Gasteiger partial charge in [-0.15, -0.1) is 6.58 Å². The van der Waals surface area contributed by atoms with Crippen molar-refractivity contribution in [1.82, 2.24) is 0 Å². The summed E-state index contributed by atoms with van der Waals surface area (Å²) in [6.07, 6.45) is 1.91. The number of thiol groups is 1. The molecule has 0 amide bonds. The summed E-state index contributed by atoms with van der Waals surface area (Å²) in [5.74, 6) is 0.531. The van der Waals surface area contributed by atoms with Crippen molar-refractivity contribution >= 4 is 12.6 Å². The van der Waals surface area contributed by atoms with Gasteiger partial charge in [0.05, 0.1) is 0 Å². The zero-order valence-corrected chi connectivity index (χ0v) is 5.78. The molecule has 0 fully saturated rings. The van der Waals surface area contributed by atoms with E-state index >= 15 is 0 Å². The van der Waals surface area contributed by atoms with E-state index in [1.54, 1.807) is 0 Å². The molecular formula is C6H12S. The Labute approximate surface area is 51.0 Å². The lowest BCUT2D eigenvalue weighted by Gasteiger charge is -2.06. The highest BCUT2D eigenvalue weighted by atomic mass is 32.1. The standard InChI is InChI=1S/C6H12S/c1-4-5(2)6(3)7/h4-7H,1H2,2-3H3. The van der Waals surface area contributed by atoms with Crippen molar-refractivity contribution in [2.24, 2.45) is 5.92 Å². The lowest BCUT2D eigenvalue weighted by atomic mass is 10.1. The highest BCUT2D eigenvalue weighted by molar-refractivity contribution is 7.80. The van der Waals surface area contributed by atoms with Crippen LogP contribution < -0.4 is 0 Å². The first-order valence-corrected chi connectivity index (χ1v) is 3.00. The molecule has 0 radical (unpaired) electrons. The Kier molecular flexibility index (Phi) is 3.18. The van der Waals surface area contributed by atoms with E-state index in [-0.39, 0.29) is 0 Å². The summed E-state index contributed by atoms with van der Waals surface area (Å²) in [7, 11) is 0. The first-order chi connectivity index (χ1) is 3.18. The Morgan fingerprint density at radius 1 is 1.57 bits per heavy atom. The van der Waals surface area contributed by atoms with Crippen LogP contribution in [0, 0.1) is 5.92 Å². The predicted molar refractivity (Wildman–Crippen MR) is 37.8 cm³/mol. The normalized spacial score (nSPS) is 18.1. The maximum Gasteiger partial charge on any atom is 0.00485 e. The maximum atomic E-state index is 4.20. The van der Waals surface area contributed by atoms with E-state index in [1.807, 2.05) is 6.08 Å². The van der Waals surface area contributed by atoms with Crippen LogP contribution in [-0.2, 0) is 0 Å². The van der Waals surface area contributed by atoms with Crippen LogP contribution in [0.1, 0.15) is 13.8 Å². The molecule has 0 rings (SSSR count). The Morgan fingerprint density at radius 2 is 2.00 bits per heavy atom. The zero-order chi connectivity index (χ0) is 5.86. The van der Waals surface area contributed by atoms with Gasteiger partial charge in [0.1, 0.15) is 0 Å². The number of allylic oxidation sites excluding steroid dienone is 1. The lowest BCUT2D eigenvalue weighted by Crippen LogP contribution is -2.01. The van der Waals surface area contributed by atoms with Crippen molar-refractivity contribution < 1.29 is 0 Å². The van der Waals surface area contributed by atoms with Gasteiger partial charge in [0, 0.05) is 5.25 Å². The van der Waals surface area contributed by atoms with Crippen LogP contribution in [0.2, 0.25) is 0 Å². The SMILES string of the molecule is C=CC(C)C(C)S. The van der Waals surface area contributed by atoms with Gasteiger partial charge < -0.3 is 0 Å². The smallest absolute Gasteiger partial charge is 0.00485 e. The summed E-state index contributed by atoms with van der Waals surface area (Å²) >= 11 is 4.20. The van der Waals surface area contributed by atoms with Gasteiger partial charge in [0.25, 0.3) is 0 Å². The van der Waals surface area contributed by atoms with Gasteiger partial charge in [0.15, 0.2) is 0 Å². The predicted octanol–water partition coefficient (Wildman–Crippen LogP) is 2.13. The molecule has 0 aromatic heterocycles. The molecule has 0 heterocycles. The molecule has 0 aliphatic heterocycles. The van der Waals surface area contributed by atoms with E-state index in [9.17, 15) is 0 Å². The molecule has 2 atom stereocenters. The summed E-state index contributed by atoms with van der Waals surface area (Å²) < 4.78 is 0. The fraction of sp³-hybridized carbons (Fsp3) is 0.667. The van der Waals surface area contributed by atoms with Crippen LogP contribution in [0.15, 0.2) is 12.7 Å². The van der Waals surface area contributed by atoms with Crippen molar-refractivity contribution in [2.45, 2.75) is 19.1 Å². The molecular weight excluding hydrogens is 104 g/mol. The third-order valence-corrected chi connectivity index (χ3v) is 1.60. The molecule has 0 nitrogen and oxygen atoms in total. The highest BCUT2D eigenvalue weighted by Gasteiger charge is 1.99. The topological polar surface area (TPSA) is 0 Å². The molecule has 1 heteroatoms. The van der Waals surface area contributed by atoms with Crippen molar-refractivity contribution in [1.29, 1.82) is 0 Å². The van der Waals surface area contributed by atoms with Crippen molar-refractivity contribution in [3.63, 3.8) is 0 Å². The Morgan fingerprint density at radius 3 is 2.00 bits per heavy atom. The van der Waals surface area contributed by atoms with Gasteiger partial charge in [0.2, 0.25) is 0 Å². The van der Waals surface area contributed by atoms with Crippen LogP contribution in [-0.4, -0.2) is 5.25 Å². The van der Waals surface area contributed by atoms with Gasteiger partial charge in [-0.1, -0.05) is 19.9 Å². The molecule has 0 aromatic rings. The minimum atomic E-state index is 0.442. The third kappa shape index (κ3) is 2.75. The van der Waals surface area contributed by atoms with Gasteiger partial charge in [-0.3, -0.25) is 0 Å². The molecule has 0 bridgehead atoms.